The molecular weight excluding hydrogens is 188 g/mol. The molecule has 74 valence electrons. The molecule has 0 atom stereocenters. The monoisotopic (exact) mass is 197 g/mol. The Morgan fingerprint density at radius 1 is 1.36 bits per heavy atom. The minimum Gasteiger partial charge on any atom is -0.434 e. The summed E-state index contributed by atoms with van der Waals surface area (Å²) in [7, 11) is 0. The third kappa shape index (κ3) is 3.04. The number of ether oxygens (including phenoxy) is 1. The molecule has 4 heteroatoms. The van der Waals surface area contributed by atoms with Gasteiger partial charge in [0.15, 0.2) is 0 Å². The predicted molar refractivity (Wildman–Crippen MR) is 49.0 cm³/mol. The molecule has 0 unspecified atom stereocenters. The van der Waals surface area contributed by atoms with Gasteiger partial charge in [0, 0.05) is 0 Å². The highest BCUT2D eigenvalue weighted by Crippen LogP contribution is 2.18. The molecule has 2 N–H and O–H groups in total. The predicted octanol–water partition coefficient (Wildman–Crippen LogP) is 1.60. The van der Waals surface area contributed by atoms with Crippen molar-refractivity contribution in [2.24, 2.45) is 5.73 Å². The number of nitrogens with two attached hydrogens (primary N) is 1. The molecule has 0 saturated carbocycles. The summed E-state index contributed by atoms with van der Waals surface area (Å²) in [6.07, 6.45) is 0. The third-order valence-corrected chi connectivity index (χ3v) is 1.43. The Morgan fingerprint density at radius 3 is 2.71 bits per heavy atom. The second-order valence-electron chi connectivity index (χ2n) is 2.38. The summed E-state index contributed by atoms with van der Waals surface area (Å²) in [5, 5.41) is 0. The van der Waals surface area contributed by atoms with Crippen molar-refractivity contribution in [2.45, 2.75) is 6.61 Å². The maximum absolute atomic E-state index is 11.9. The molecule has 0 fully saturated rings. The Kier molecular flexibility index (Phi) is 3.89. The smallest absolute Gasteiger partial charge is 0.387 e. The fourth-order valence-electron chi connectivity index (χ4n) is 0.915. The van der Waals surface area contributed by atoms with Crippen LogP contribution in [0.1, 0.15) is 5.56 Å². The Hall–Kier alpha value is -1.60. The molecule has 0 radical (unpaired) electrons. The van der Waals surface area contributed by atoms with Crippen LogP contribution in [0.3, 0.4) is 0 Å². The molecular formula is C10H9F2NO. The lowest BCUT2D eigenvalue weighted by molar-refractivity contribution is -0.0500. The van der Waals surface area contributed by atoms with Crippen LogP contribution in [0.5, 0.6) is 5.75 Å². The highest BCUT2D eigenvalue weighted by Gasteiger charge is 2.06. The molecule has 0 aromatic heterocycles. The minimum atomic E-state index is -2.84. The van der Waals surface area contributed by atoms with Gasteiger partial charge in [-0.25, -0.2) is 0 Å². The van der Waals surface area contributed by atoms with Gasteiger partial charge in [-0.15, -0.1) is 0 Å². The molecule has 1 aromatic rings. The summed E-state index contributed by atoms with van der Waals surface area (Å²) in [4.78, 5) is 0. The SMILES string of the molecule is NCC#Cc1ccccc1OC(F)F. The molecule has 0 saturated heterocycles. The lowest BCUT2D eigenvalue weighted by Crippen LogP contribution is -2.03. The van der Waals surface area contributed by atoms with Crippen LogP contribution >= 0.6 is 0 Å². The summed E-state index contributed by atoms with van der Waals surface area (Å²) in [6, 6.07) is 6.33. The second-order valence-corrected chi connectivity index (χ2v) is 2.38. The van der Waals surface area contributed by atoms with Crippen molar-refractivity contribution < 1.29 is 13.5 Å². The van der Waals surface area contributed by atoms with E-state index in [-0.39, 0.29) is 12.3 Å². The average molecular weight is 197 g/mol. The van der Waals surface area contributed by atoms with Crippen LogP contribution in [0.2, 0.25) is 0 Å². The standard InChI is InChI=1S/C10H9F2NO/c11-10(12)14-9-6-2-1-4-8(9)5-3-7-13/h1-2,4,6,10H,7,13H2. The second kappa shape index (κ2) is 5.20. The molecule has 1 aromatic carbocycles. The van der Waals surface area contributed by atoms with E-state index in [1.165, 1.54) is 6.07 Å². The van der Waals surface area contributed by atoms with E-state index in [4.69, 9.17) is 5.73 Å². The van der Waals surface area contributed by atoms with Gasteiger partial charge < -0.3 is 10.5 Å². The van der Waals surface area contributed by atoms with Crippen LogP contribution in [0.25, 0.3) is 0 Å². The van der Waals surface area contributed by atoms with Crippen molar-refractivity contribution in [1.29, 1.82) is 0 Å². The summed E-state index contributed by atoms with van der Waals surface area (Å²) in [5.74, 6) is 5.29. The van der Waals surface area contributed by atoms with Crippen LogP contribution in [0.4, 0.5) is 8.78 Å². The maximum atomic E-state index is 11.9. The molecule has 2 nitrogen and oxygen atoms in total. The van der Waals surface area contributed by atoms with Crippen LogP contribution in [0.15, 0.2) is 24.3 Å². The van der Waals surface area contributed by atoms with Crippen molar-refractivity contribution in [1.82, 2.24) is 0 Å². The fraction of sp³-hybridized carbons (Fsp3) is 0.200. The Balaban J connectivity index is 2.91. The van der Waals surface area contributed by atoms with Gasteiger partial charge in [-0.05, 0) is 12.1 Å². The van der Waals surface area contributed by atoms with Gasteiger partial charge in [0.05, 0.1) is 12.1 Å². The van der Waals surface area contributed by atoms with Crippen molar-refractivity contribution in [3.8, 4) is 17.6 Å². The van der Waals surface area contributed by atoms with Gasteiger partial charge >= 0.3 is 6.61 Å². The van der Waals surface area contributed by atoms with E-state index in [0.29, 0.717) is 5.56 Å². The van der Waals surface area contributed by atoms with Crippen LogP contribution in [-0.2, 0) is 0 Å². The lowest BCUT2D eigenvalue weighted by Gasteiger charge is -2.05. The number of alkyl halides is 2. The number of hydrogen-bond donors (Lipinski definition) is 1. The minimum absolute atomic E-state index is 0.0726. The van der Waals surface area contributed by atoms with Crippen molar-refractivity contribution >= 4 is 0 Å². The fourth-order valence-corrected chi connectivity index (χ4v) is 0.915. The molecule has 14 heavy (non-hydrogen) atoms. The summed E-state index contributed by atoms with van der Waals surface area (Å²) >= 11 is 0. The van der Waals surface area contributed by atoms with E-state index in [1.54, 1.807) is 18.2 Å². The summed E-state index contributed by atoms with van der Waals surface area (Å²) < 4.78 is 28.1. The number of hydrogen-bond acceptors (Lipinski definition) is 2. The van der Waals surface area contributed by atoms with Crippen molar-refractivity contribution in [3.63, 3.8) is 0 Å². The molecule has 0 bridgehead atoms. The Morgan fingerprint density at radius 2 is 2.07 bits per heavy atom. The Bertz CT molecular complexity index is 355. The van der Waals surface area contributed by atoms with Crippen LogP contribution < -0.4 is 10.5 Å². The van der Waals surface area contributed by atoms with E-state index >= 15 is 0 Å². The molecule has 1 rings (SSSR count). The molecule has 0 aliphatic rings. The average Bonchev–Trinajstić information content (AvgIpc) is 2.16. The lowest BCUT2D eigenvalue weighted by atomic mass is 10.2. The number of halogens is 2. The van der Waals surface area contributed by atoms with Gasteiger partial charge in [-0.2, -0.15) is 8.78 Å². The number of para-hydroxylation sites is 1. The quantitative estimate of drug-likeness (QED) is 0.731. The Labute approximate surface area is 80.7 Å². The first-order valence-corrected chi connectivity index (χ1v) is 3.97. The molecule has 0 aliphatic heterocycles. The van der Waals surface area contributed by atoms with Gasteiger partial charge in [0.1, 0.15) is 5.75 Å². The number of rotatable bonds is 2. The molecule has 0 amide bonds. The van der Waals surface area contributed by atoms with Gasteiger partial charge in [-0.3, -0.25) is 0 Å². The van der Waals surface area contributed by atoms with E-state index in [0.717, 1.165) is 0 Å². The highest BCUT2D eigenvalue weighted by molar-refractivity contribution is 5.45. The first-order valence-electron chi connectivity index (χ1n) is 3.97. The number of benzene rings is 1. The maximum Gasteiger partial charge on any atom is 0.387 e. The van der Waals surface area contributed by atoms with Crippen LogP contribution in [-0.4, -0.2) is 13.2 Å². The largest absolute Gasteiger partial charge is 0.434 e. The third-order valence-electron chi connectivity index (χ3n) is 1.43. The molecule has 0 aliphatic carbocycles. The zero-order chi connectivity index (χ0) is 10.4. The van der Waals surface area contributed by atoms with Gasteiger partial charge in [0.25, 0.3) is 0 Å². The van der Waals surface area contributed by atoms with Crippen LogP contribution in [0, 0.1) is 11.8 Å². The first kappa shape index (κ1) is 10.5. The molecule has 0 spiro atoms. The van der Waals surface area contributed by atoms with E-state index < -0.39 is 6.61 Å². The molecule has 0 heterocycles. The van der Waals surface area contributed by atoms with E-state index in [1.807, 2.05) is 0 Å². The van der Waals surface area contributed by atoms with E-state index in [2.05, 4.69) is 16.6 Å². The highest BCUT2D eigenvalue weighted by atomic mass is 19.3. The summed E-state index contributed by atoms with van der Waals surface area (Å²) in [6.45, 7) is -2.65. The van der Waals surface area contributed by atoms with Gasteiger partial charge in [0.2, 0.25) is 0 Å². The van der Waals surface area contributed by atoms with Crippen molar-refractivity contribution in [2.75, 3.05) is 6.54 Å². The zero-order valence-corrected chi connectivity index (χ0v) is 7.34. The van der Waals surface area contributed by atoms with Gasteiger partial charge in [-0.1, -0.05) is 24.0 Å². The normalized spacial score (nSPS) is 9.43. The van der Waals surface area contributed by atoms with E-state index in [9.17, 15) is 8.78 Å². The van der Waals surface area contributed by atoms with Crippen molar-refractivity contribution in [3.05, 3.63) is 29.8 Å². The zero-order valence-electron chi connectivity index (χ0n) is 7.34. The first-order chi connectivity index (χ1) is 6.74. The topological polar surface area (TPSA) is 35.2 Å². The summed E-state index contributed by atoms with van der Waals surface area (Å²) in [5.41, 5.74) is 5.58.